The number of aromatic nitrogens is 2. The molecule has 3 aromatic rings. The largest absolute Gasteiger partial charge is 0.504 e. The summed E-state index contributed by atoms with van der Waals surface area (Å²) in [6.07, 6.45) is 0. The van der Waals surface area contributed by atoms with Crippen LogP contribution < -0.4 is 10.6 Å². The number of anilines is 3. The molecule has 0 fully saturated rings. The molecule has 0 saturated carbocycles. The van der Waals surface area contributed by atoms with E-state index in [1.807, 2.05) is 19.1 Å². The van der Waals surface area contributed by atoms with Gasteiger partial charge in [-0.2, -0.15) is 8.75 Å². The van der Waals surface area contributed by atoms with E-state index in [2.05, 4.69) is 40.2 Å². The topological polar surface area (TPSA) is 121 Å². The van der Waals surface area contributed by atoms with E-state index in [0.717, 1.165) is 27.6 Å². The number of furan rings is 1. The SMILES string of the molecule is C.Cc1ccc([C@H](Nc2nsnc2Nc2ccc(Cl)c(S(=O)(=O)N(C)C)c2O)C(C)(C)C)o1. The van der Waals surface area contributed by atoms with Crippen LogP contribution in [0.3, 0.4) is 0 Å². The van der Waals surface area contributed by atoms with Crippen LogP contribution in [0.1, 0.15) is 45.8 Å². The number of phenolic OH excluding ortho intramolecular Hbond substituents is 1. The van der Waals surface area contributed by atoms with Crippen LogP contribution in [0.4, 0.5) is 17.3 Å². The Balaban J connectivity index is 0.00000385. The van der Waals surface area contributed by atoms with Crippen LogP contribution in [-0.2, 0) is 10.0 Å². The molecular formula is C21H30ClN5O4S2. The zero-order valence-electron chi connectivity index (χ0n) is 18.6. The van der Waals surface area contributed by atoms with Crippen molar-refractivity contribution in [3.05, 3.63) is 40.8 Å². The highest BCUT2D eigenvalue weighted by atomic mass is 35.5. The number of phenols is 1. The lowest BCUT2D eigenvalue weighted by Crippen LogP contribution is -2.25. The highest BCUT2D eigenvalue weighted by Gasteiger charge is 2.31. The summed E-state index contributed by atoms with van der Waals surface area (Å²) in [5.74, 6) is 1.82. The first-order valence-electron chi connectivity index (χ1n) is 9.69. The second-order valence-corrected chi connectivity index (χ2v) is 11.6. The quantitative estimate of drug-likeness (QED) is 0.346. The van der Waals surface area contributed by atoms with Crippen LogP contribution in [0.2, 0.25) is 5.02 Å². The predicted molar refractivity (Wildman–Crippen MR) is 133 cm³/mol. The van der Waals surface area contributed by atoms with Crippen molar-refractivity contribution in [3.8, 4) is 5.75 Å². The third-order valence-electron chi connectivity index (χ3n) is 4.76. The monoisotopic (exact) mass is 515 g/mol. The van der Waals surface area contributed by atoms with E-state index in [-0.39, 0.29) is 34.5 Å². The number of rotatable bonds is 7. The van der Waals surface area contributed by atoms with Gasteiger partial charge in [-0.25, -0.2) is 12.7 Å². The van der Waals surface area contributed by atoms with Crippen molar-refractivity contribution in [1.29, 1.82) is 0 Å². The lowest BCUT2D eigenvalue weighted by molar-refractivity contribution is 0.300. The molecule has 2 heterocycles. The highest BCUT2D eigenvalue weighted by Crippen LogP contribution is 2.41. The number of nitrogens with one attached hydrogen (secondary N) is 2. The minimum atomic E-state index is -3.97. The molecule has 1 atom stereocenters. The summed E-state index contributed by atoms with van der Waals surface area (Å²) in [5.41, 5.74) is -0.0904. The highest BCUT2D eigenvalue weighted by molar-refractivity contribution is 7.89. The number of benzene rings is 1. The van der Waals surface area contributed by atoms with Gasteiger partial charge in [-0.1, -0.05) is 39.8 Å². The average molecular weight is 516 g/mol. The number of nitrogens with zero attached hydrogens (tertiary/aromatic N) is 3. The van der Waals surface area contributed by atoms with Gasteiger partial charge < -0.3 is 20.2 Å². The van der Waals surface area contributed by atoms with Gasteiger partial charge in [-0.15, -0.1) is 0 Å². The first-order valence-corrected chi connectivity index (χ1v) is 12.2. The second-order valence-electron chi connectivity index (χ2n) is 8.54. The van der Waals surface area contributed by atoms with Crippen molar-refractivity contribution in [2.75, 3.05) is 24.7 Å². The fourth-order valence-electron chi connectivity index (χ4n) is 3.03. The lowest BCUT2D eigenvalue weighted by atomic mass is 9.85. The summed E-state index contributed by atoms with van der Waals surface area (Å²) in [4.78, 5) is -0.384. The van der Waals surface area contributed by atoms with Crippen LogP contribution in [0.15, 0.2) is 33.6 Å². The summed E-state index contributed by atoms with van der Waals surface area (Å²) >= 11 is 7.06. The molecule has 0 aliphatic heterocycles. The summed E-state index contributed by atoms with van der Waals surface area (Å²) in [6, 6.07) is 6.47. The normalized spacial score (nSPS) is 13.0. The van der Waals surface area contributed by atoms with Gasteiger partial charge in [0.05, 0.1) is 28.5 Å². The number of hydrogen-bond acceptors (Lipinski definition) is 9. The molecule has 0 saturated heterocycles. The minimum Gasteiger partial charge on any atom is -0.504 e. The van der Waals surface area contributed by atoms with Crippen LogP contribution in [0.25, 0.3) is 0 Å². The van der Waals surface area contributed by atoms with E-state index in [1.165, 1.54) is 26.2 Å². The maximum Gasteiger partial charge on any atom is 0.247 e. The van der Waals surface area contributed by atoms with Gasteiger partial charge in [-0.3, -0.25) is 0 Å². The molecule has 0 aliphatic rings. The Morgan fingerprint density at radius 2 is 1.79 bits per heavy atom. The molecule has 0 radical (unpaired) electrons. The van der Waals surface area contributed by atoms with Gasteiger partial charge in [0.15, 0.2) is 17.4 Å². The van der Waals surface area contributed by atoms with Crippen molar-refractivity contribution >= 4 is 50.7 Å². The third kappa shape index (κ3) is 5.60. The lowest BCUT2D eigenvalue weighted by Gasteiger charge is -2.30. The Bertz CT molecular complexity index is 1220. The van der Waals surface area contributed by atoms with Gasteiger partial charge in [0, 0.05) is 14.1 Å². The number of halogens is 1. The molecule has 0 bridgehead atoms. The van der Waals surface area contributed by atoms with Crippen molar-refractivity contribution in [2.45, 2.75) is 46.1 Å². The van der Waals surface area contributed by atoms with Crippen LogP contribution >= 0.6 is 23.3 Å². The van der Waals surface area contributed by atoms with Crippen molar-refractivity contribution < 1.29 is 17.9 Å². The first-order chi connectivity index (χ1) is 14.8. The molecule has 182 valence electrons. The smallest absolute Gasteiger partial charge is 0.247 e. The fraction of sp³-hybridized carbons (Fsp3) is 0.429. The molecule has 0 spiro atoms. The molecule has 9 nitrogen and oxygen atoms in total. The number of aryl methyl sites for hydroxylation is 1. The molecule has 33 heavy (non-hydrogen) atoms. The molecule has 3 N–H and O–H groups in total. The first kappa shape index (κ1) is 26.9. The van der Waals surface area contributed by atoms with Gasteiger partial charge in [-0.05, 0) is 36.6 Å². The Morgan fingerprint density at radius 1 is 1.15 bits per heavy atom. The number of aromatic hydroxyl groups is 1. The minimum absolute atomic E-state index is 0. The maximum atomic E-state index is 12.6. The molecular weight excluding hydrogens is 486 g/mol. The van der Waals surface area contributed by atoms with E-state index >= 15 is 0 Å². The molecule has 0 unspecified atom stereocenters. The van der Waals surface area contributed by atoms with E-state index in [4.69, 9.17) is 16.0 Å². The van der Waals surface area contributed by atoms with Crippen LogP contribution in [0, 0.1) is 12.3 Å². The maximum absolute atomic E-state index is 12.6. The zero-order chi connectivity index (χ0) is 23.8. The molecule has 3 rings (SSSR count). The molecule has 2 aromatic heterocycles. The Morgan fingerprint density at radius 3 is 2.33 bits per heavy atom. The van der Waals surface area contributed by atoms with E-state index in [1.54, 1.807) is 0 Å². The van der Waals surface area contributed by atoms with Gasteiger partial charge in [0.2, 0.25) is 10.0 Å². The summed E-state index contributed by atoms with van der Waals surface area (Å²) in [7, 11) is -1.25. The van der Waals surface area contributed by atoms with E-state index < -0.39 is 15.8 Å². The molecule has 0 amide bonds. The predicted octanol–water partition coefficient (Wildman–Crippen LogP) is 5.63. The van der Waals surface area contributed by atoms with E-state index in [9.17, 15) is 13.5 Å². The van der Waals surface area contributed by atoms with Crippen LogP contribution in [0.5, 0.6) is 5.75 Å². The van der Waals surface area contributed by atoms with Crippen LogP contribution in [-0.4, -0.2) is 40.7 Å². The summed E-state index contributed by atoms with van der Waals surface area (Å²) in [6.45, 7) is 8.08. The van der Waals surface area contributed by atoms with Gasteiger partial charge >= 0.3 is 0 Å². The average Bonchev–Trinajstić information content (AvgIpc) is 3.29. The number of hydrogen-bond donors (Lipinski definition) is 3. The molecule has 12 heteroatoms. The Hall–Kier alpha value is -2.34. The molecule has 0 aliphatic carbocycles. The van der Waals surface area contributed by atoms with Crippen molar-refractivity contribution in [2.24, 2.45) is 5.41 Å². The van der Waals surface area contributed by atoms with E-state index in [0.29, 0.717) is 11.6 Å². The molecule has 1 aromatic carbocycles. The Kier molecular flexibility index (Phi) is 8.06. The fourth-order valence-corrected chi connectivity index (χ4v) is 4.98. The van der Waals surface area contributed by atoms with Crippen molar-refractivity contribution in [3.63, 3.8) is 0 Å². The van der Waals surface area contributed by atoms with Crippen molar-refractivity contribution in [1.82, 2.24) is 13.1 Å². The van der Waals surface area contributed by atoms with Gasteiger partial charge in [0.1, 0.15) is 16.4 Å². The number of sulfonamides is 1. The Labute approximate surface area is 204 Å². The third-order valence-corrected chi connectivity index (χ3v) is 7.60. The zero-order valence-corrected chi connectivity index (χ0v) is 21.0. The van der Waals surface area contributed by atoms with Gasteiger partial charge in [0.25, 0.3) is 0 Å². The summed E-state index contributed by atoms with van der Waals surface area (Å²) < 4.78 is 40.6. The summed E-state index contributed by atoms with van der Waals surface area (Å²) in [5, 5.41) is 16.9. The second kappa shape index (κ2) is 9.88. The standard InChI is InChI=1S/C20H26ClN5O4S2.CH4/c1-11-7-10-14(30-11)17(20(2,3)4)23-19-18(24-31-25-19)22-13-9-8-12(21)16(15(13)27)32(28,29)26(5)6;/h7-10,17,27H,1-6H3,(H,22,24)(H,23,25);1H4/t17-;/m0./s1.